The summed E-state index contributed by atoms with van der Waals surface area (Å²) in [7, 11) is 3.96. The smallest absolute Gasteiger partial charge is 0.253 e. The maximum atomic E-state index is 14.3. The fraction of sp³-hybridized carbons (Fsp3) is 0.928. The number of hydrogen-bond acceptors (Lipinski definition) is 21. The lowest BCUT2D eigenvalue weighted by atomic mass is 9.98. The minimum absolute atomic E-state index is 0.182. The van der Waals surface area contributed by atoms with Gasteiger partial charge in [0.25, 0.3) is 11.8 Å². The molecule has 18 N–H and O–H groups in total. The van der Waals surface area contributed by atoms with E-state index in [4.69, 9.17) is 9.47 Å². The molecule has 2 rings (SSSR count). The number of ether oxygens (including phenoxy) is 2. The number of amides is 5. The first-order valence-electron chi connectivity index (χ1n) is 37.2. The lowest BCUT2D eigenvalue weighted by Gasteiger charge is -2.41. The summed E-state index contributed by atoms with van der Waals surface area (Å²) < 4.78 is 10.2. The molecule has 0 saturated carbocycles. The van der Waals surface area contributed by atoms with Gasteiger partial charge in [0.2, 0.25) is 17.7 Å². The van der Waals surface area contributed by atoms with E-state index >= 15 is 0 Å². The summed E-state index contributed by atoms with van der Waals surface area (Å²) >= 11 is 0. The highest BCUT2D eigenvalue weighted by Crippen LogP contribution is 2.24. The molecule has 2 heterocycles. The molecule has 5 amide bonds. The third-order valence-electron chi connectivity index (χ3n) is 18.7. The number of rotatable bonds is 57. The highest BCUT2D eigenvalue weighted by Gasteiger charge is 2.48. The van der Waals surface area contributed by atoms with E-state index in [1.54, 1.807) is 0 Å². The van der Waals surface area contributed by atoms with Gasteiger partial charge in [-0.1, -0.05) is 195 Å². The quantitative estimate of drug-likeness (QED) is 0.0302. The first-order chi connectivity index (χ1) is 45.6. The first-order valence-corrected chi connectivity index (χ1v) is 37.2. The molecule has 0 bridgehead atoms. The van der Waals surface area contributed by atoms with Crippen LogP contribution in [-0.2, 0) is 33.4 Å². The molecule has 0 aromatic heterocycles. The molecule has 26 heteroatoms. The molecule has 17 unspecified atom stereocenters. The van der Waals surface area contributed by atoms with Gasteiger partial charge in [0, 0.05) is 32.5 Å². The van der Waals surface area contributed by atoms with E-state index in [0.29, 0.717) is 25.3 Å². The maximum absolute atomic E-state index is 14.3. The third-order valence-corrected chi connectivity index (χ3v) is 18.7. The molecule has 2 fully saturated rings. The molecule has 2 saturated heterocycles. The van der Waals surface area contributed by atoms with Crippen LogP contribution in [0.25, 0.3) is 0 Å². The van der Waals surface area contributed by atoms with E-state index < -0.39 is 116 Å². The number of aliphatic hydroxyl groups is 8. The fourth-order valence-corrected chi connectivity index (χ4v) is 12.6. The summed E-state index contributed by atoms with van der Waals surface area (Å²) in [5.74, 6) is -3.69. The molecular formula is C69H137N11O15. The topological polar surface area (TPSA) is 389 Å². The summed E-state index contributed by atoms with van der Waals surface area (Å²) in [5.41, 5.74) is 0. The highest BCUT2D eigenvalue weighted by molar-refractivity contribution is 5.90. The van der Waals surface area contributed by atoms with Crippen LogP contribution in [0.2, 0.25) is 0 Å². The fourth-order valence-electron chi connectivity index (χ4n) is 12.6. The average Bonchev–Trinajstić information content (AvgIpc) is 0.827. The second kappa shape index (κ2) is 52.7. The van der Waals surface area contributed by atoms with Gasteiger partial charge in [-0.3, -0.25) is 34.6 Å². The van der Waals surface area contributed by atoms with Crippen LogP contribution in [0.4, 0.5) is 0 Å². The Kier molecular flexibility index (Phi) is 48.7. The van der Waals surface area contributed by atoms with Gasteiger partial charge in [-0.2, -0.15) is 0 Å². The largest absolute Gasteiger partial charge is 0.387 e. The standard InChI is InChI=1S/C69H137N11O15/c1-10-15-16-17-18-19-20-21-22-23-24-25-26-27-28-29-30-31-32-36-41-50(65(89)72-44-37-34-33-35-40-49(45-73-53(38-11-2)78-51(13-4)70-8)46-74-54(39-12-3)79-52(14-5)71-9)77-55(81)42-43-56(82)80(47(6)75-66(90)63-59(85)57(83)61(87)68(92)94-63)48(7)76-67(91)64-60(86)58(84)62(88)69(93)95-64/h47-54,57-64,68-71,73-74,78-79,83-88,92-93H,10-46H2,1-9H3,(H,72,89)(H,75,90)(H,76,91)(H,77,81). The zero-order valence-corrected chi connectivity index (χ0v) is 59.9. The molecular weight excluding hydrogens is 1220 g/mol. The van der Waals surface area contributed by atoms with Crippen molar-refractivity contribution in [2.75, 3.05) is 33.7 Å². The van der Waals surface area contributed by atoms with Crippen molar-refractivity contribution in [1.29, 1.82) is 0 Å². The summed E-state index contributed by atoms with van der Waals surface area (Å²) in [5, 5.41) is 115. The lowest BCUT2D eigenvalue weighted by molar-refractivity contribution is -0.276. The van der Waals surface area contributed by atoms with Crippen LogP contribution in [-0.4, -0.2) is 213 Å². The monoisotopic (exact) mass is 1360 g/mol. The van der Waals surface area contributed by atoms with Gasteiger partial charge in [0.05, 0.1) is 24.7 Å². The van der Waals surface area contributed by atoms with Crippen LogP contribution in [0, 0.1) is 5.92 Å². The van der Waals surface area contributed by atoms with Crippen molar-refractivity contribution in [2.24, 2.45) is 5.92 Å². The molecule has 26 nitrogen and oxygen atoms in total. The van der Waals surface area contributed by atoms with Crippen molar-refractivity contribution in [3.05, 3.63) is 0 Å². The van der Waals surface area contributed by atoms with E-state index in [1.807, 2.05) is 14.1 Å². The second-order valence-corrected chi connectivity index (χ2v) is 26.8. The predicted molar refractivity (Wildman–Crippen MR) is 369 cm³/mol. The maximum Gasteiger partial charge on any atom is 0.253 e. The van der Waals surface area contributed by atoms with Crippen molar-refractivity contribution in [3.8, 4) is 0 Å². The van der Waals surface area contributed by atoms with Crippen LogP contribution in [0.5, 0.6) is 0 Å². The molecule has 0 radical (unpaired) electrons. The lowest BCUT2D eigenvalue weighted by Crippen LogP contribution is -2.66. The van der Waals surface area contributed by atoms with Gasteiger partial charge in [0.1, 0.15) is 55.0 Å². The third kappa shape index (κ3) is 35.5. The number of carbonyl (C=O) groups excluding carboxylic acids is 5. The molecule has 17 atom stereocenters. The Morgan fingerprint density at radius 1 is 0.421 bits per heavy atom. The summed E-state index contributed by atoms with van der Waals surface area (Å²) in [6.07, 6.45) is 12.7. The van der Waals surface area contributed by atoms with Crippen LogP contribution in [0.3, 0.4) is 0 Å². The van der Waals surface area contributed by atoms with E-state index in [-0.39, 0.29) is 30.6 Å². The SMILES string of the molecule is CCCCCCCCCCCCCCCCCCCCCCC(NC(=O)CCC(=O)N(C(C)NC(=O)C1OC(O)C(O)C(O)C1O)C(C)NC(=O)C1OC(O)C(O)C(O)C1O)C(=O)NCCCCCCC(CNC(CCC)NC(CC)NC)CNC(CCC)NC(CC)NC. The Labute approximate surface area is 570 Å². The van der Waals surface area contributed by atoms with E-state index in [2.05, 4.69) is 87.8 Å². The van der Waals surface area contributed by atoms with Gasteiger partial charge in [-0.25, -0.2) is 0 Å². The van der Waals surface area contributed by atoms with Crippen LogP contribution < -0.4 is 53.2 Å². The zero-order valence-electron chi connectivity index (χ0n) is 59.9. The Morgan fingerprint density at radius 2 is 0.800 bits per heavy atom. The van der Waals surface area contributed by atoms with Gasteiger partial charge < -0.3 is 97.8 Å². The van der Waals surface area contributed by atoms with Gasteiger partial charge in [-0.15, -0.1) is 0 Å². The van der Waals surface area contributed by atoms with Crippen LogP contribution in [0.1, 0.15) is 267 Å². The Hall–Kier alpha value is -3.29. The number of aliphatic hydroxyl groups excluding tert-OH is 8. The first kappa shape index (κ1) is 87.8. The van der Waals surface area contributed by atoms with Gasteiger partial charge in [-0.05, 0) is 78.8 Å². The zero-order chi connectivity index (χ0) is 70.5. The van der Waals surface area contributed by atoms with E-state index in [0.717, 1.165) is 114 Å². The van der Waals surface area contributed by atoms with Crippen molar-refractivity contribution in [2.45, 2.75) is 371 Å². The van der Waals surface area contributed by atoms with Crippen molar-refractivity contribution in [1.82, 2.24) is 58.1 Å². The van der Waals surface area contributed by atoms with Crippen molar-refractivity contribution in [3.63, 3.8) is 0 Å². The highest BCUT2D eigenvalue weighted by atomic mass is 16.6. The predicted octanol–water partition coefficient (Wildman–Crippen LogP) is 4.02. The summed E-state index contributed by atoms with van der Waals surface area (Å²) in [4.78, 5) is 70.2. The van der Waals surface area contributed by atoms with Crippen molar-refractivity contribution >= 4 is 29.5 Å². The Morgan fingerprint density at radius 3 is 1.18 bits per heavy atom. The minimum atomic E-state index is -2.07. The average molecular weight is 1360 g/mol. The molecule has 95 heavy (non-hydrogen) atoms. The van der Waals surface area contributed by atoms with Gasteiger partial charge >= 0.3 is 0 Å². The minimum Gasteiger partial charge on any atom is -0.387 e. The number of nitrogens with zero attached hydrogens (tertiary/aromatic N) is 1. The molecule has 0 aromatic carbocycles. The number of unbranched alkanes of at least 4 members (excludes halogenated alkanes) is 22. The van der Waals surface area contributed by atoms with Crippen LogP contribution >= 0.6 is 0 Å². The summed E-state index contributed by atoms with van der Waals surface area (Å²) in [6.45, 7) is 15.8. The Bertz CT molecular complexity index is 1920. The van der Waals surface area contributed by atoms with E-state index in [9.17, 15) is 64.8 Å². The molecule has 2 aliphatic heterocycles. The number of carbonyl (C=O) groups is 5. The summed E-state index contributed by atoms with van der Waals surface area (Å²) in [6, 6.07) is -0.905. The second-order valence-electron chi connectivity index (χ2n) is 26.8. The van der Waals surface area contributed by atoms with Crippen LogP contribution in [0.15, 0.2) is 0 Å². The number of hydrogen-bond donors (Lipinski definition) is 18. The Balaban J connectivity index is 2.16. The van der Waals surface area contributed by atoms with Crippen molar-refractivity contribution < 1.29 is 74.3 Å². The molecule has 0 aliphatic carbocycles. The normalized spacial score (nSPS) is 24.0. The molecule has 0 spiro atoms. The molecule has 2 aliphatic rings. The molecule has 558 valence electrons. The number of nitrogens with one attached hydrogen (secondary N) is 10. The van der Waals surface area contributed by atoms with Gasteiger partial charge in [0.15, 0.2) is 24.8 Å². The van der Waals surface area contributed by atoms with E-state index in [1.165, 1.54) is 110 Å². The molecule has 0 aromatic rings.